The molecule has 1 aliphatic heterocycles. The molecule has 1 saturated heterocycles. The first-order valence-corrected chi connectivity index (χ1v) is 15.3. The van der Waals surface area contributed by atoms with Crippen molar-refractivity contribution >= 4 is 35.6 Å². The molecule has 3 aliphatic rings. The summed E-state index contributed by atoms with van der Waals surface area (Å²) in [5, 5.41) is 55.3. The van der Waals surface area contributed by atoms with Gasteiger partial charge in [-0.2, -0.15) is 0 Å². The van der Waals surface area contributed by atoms with Crippen LogP contribution in [0.25, 0.3) is 0 Å². The number of phenols is 2. The summed E-state index contributed by atoms with van der Waals surface area (Å²) in [5.41, 5.74) is -3.62. The van der Waals surface area contributed by atoms with Crippen LogP contribution in [0.15, 0.2) is 23.2 Å². The first kappa shape index (κ1) is 36.2. The van der Waals surface area contributed by atoms with Gasteiger partial charge in [-0.25, -0.2) is 0 Å². The molecule has 1 fully saturated rings. The highest BCUT2D eigenvalue weighted by molar-refractivity contribution is 6.31. The zero-order valence-electron chi connectivity index (χ0n) is 26.8. The minimum atomic E-state index is -2.26. The van der Waals surface area contributed by atoms with E-state index < -0.39 is 95.7 Å². The second kappa shape index (κ2) is 13.9. The summed E-state index contributed by atoms with van der Waals surface area (Å²) in [7, 11) is 1.33. The van der Waals surface area contributed by atoms with E-state index in [1.54, 1.807) is 6.92 Å². The van der Waals surface area contributed by atoms with E-state index in [-0.39, 0.29) is 46.8 Å². The number of fused-ring (bicyclic) bond motifs is 3. The average Bonchev–Trinajstić information content (AvgIpc) is 3.03. The molecule has 13 nitrogen and oxygen atoms in total. The summed E-state index contributed by atoms with van der Waals surface area (Å²) in [6.07, 6.45) is -5.14. The Morgan fingerprint density at radius 3 is 2.38 bits per heavy atom. The maximum absolute atomic E-state index is 13.8. The molecule has 0 saturated carbocycles. The summed E-state index contributed by atoms with van der Waals surface area (Å²) in [6.45, 7) is 7.85. The van der Waals surface area contributed by atoms with Crippen molar-refractivity contribution in [2.45, 2.75) is 83.2 Å². The Balaban J connectivity index is 0.00000500. The summed E-state index contributed by atoms with van der Waals surface area (Å²) < 4.78 is 17.6. The number of carbonyl (C=O) groups excluding carboxylic acids is 3. The van der Waals surface area contributed by atoms with Crippen molar-refractivity contribution in [3.63, 3.8) is 0 Å². The Morgan fingerprint density at radius 2 is 1.77 bits per heavy atom. The maximum atomic E-state index is 13.8. The Morgan fingerprint density at radius 1 is 1.11 bits per heavy atom. The van der Waals surface area contributed by atoms with Gasteiger partial charge in [0.15, 0.2) is 17.9 Å². The first-order chi connectivity index (χ1) is 21.8. The molecule has 0 bridgehead atoms. The third-order valence-corrected chi connectivity index (χ3v) is 9.30. The van der Waals surface area contributed by atoms with Crippen LogP contribution < -0.4 is 4.74 Å². The minimum Gasteiger partial charge on any atom is -0.507 e. The largest absolute Gasteiger partial charge is 0.507 e. The summed E-state index contributed by atoms with van der Waals surface area (Å²) in [5.74, 6) is -3.04. The SMILES string of the molecule is CCN(CC)C(C)=N[C@H]1CC(O[C@H]2CC(O)(C(=O)CO)Cc3c(O)c4c(c(O)c32)C(=O)c2c(OC)cccc2C4=O)OC(C)[C@H]1O.Cl. The number of aliphatic hydroxyl groups is 3. The Bertz CT molecular complexity index is 1610. The number of rotatable bonds is 8. The van der Waals surface area contributed by atoms with Crippen molar-refractivity contribution in [3.05, 3.63) is 51.6 Å². The van der Waals surface area contributed by atoms with Crippen molar-refractivity contribution < 1.29 is 54.1 Å². The van der Waals surface area contributed by atoms with Gasteiger partial charge in [0.25, 0.3) is 0 Å². The van der Waals surface area contributed by atoms with Crippen molar-refractivity contribution in [1.29, 1.82) is 0 Å². The Kier molecular flexibility index (Phi) is 10.7. The van der Waals surface area contributed by atoms with E-state index in [4.69, 9.17) is 19.2 Å². The van der Waals surface area contributed by atoms with Crippen molar-refractivity contribution in [1.82, 2.24) is 4.90 Å². The molecular weight excluding hydrogens is 636 g/mol. The van der Waals surface area contributed by atoms with Crippen LogP contribution in [0.1, 0.15) is 89.6 Å². The molecule has 0 spiro atoms. The predicted molar refractivity (Wildman–Crippen MR) is 171 cm³/mol. The van der Waals surface area contributed by atoms with Crippen molar-refractivity contribution in [2.24, 2.45) is 4.99 Å². The topological polar surface area (TPSA) is 196 Å². The van der Waals surface area contributed by atoms with Crippen LogP contribution in [-0.2, 0) is 20.7 Å². The molecule has 256 valence electrons. The zero-order chi connectivity index (χ0) is 33.7. The van der Waals surface area contributed by atoms with E-state index in [9.17, 15) is 39.9 Å². The second-order valence-electron chi connectivity index (χ2n) is 11.9. The molecule has 5 N–H and O–H groups in total. The number of halogens is 1. The molecule has 47 heavy (non-hydrogen) atoms. The lowest BCUT2D eigenvalue weighted by Crippen LogP contribution is -2.50. The maximum Gasteiger partial charge on any atom is 0.202 e. The molecule has 1 heterocycles. The molecule has 2 aromatic rings. The van der Waals surface area contributed by atoms with Gasteiger partial charge in [-0.3, -0.25) is 19.4 Å². The molecule has 3 unspecified atom stereocenters. The van der Waals surface area contributed by atoms with E-state index in [1.807, 2.05) is 25.7 Å². The van der Waals surface area contributed by atoms with Gasteiger partial charge in [0.2, 0.25) is 5.78 Å². The van der Waals surface area contributed by atoms with Crippen LogP contribution in [0.4, 0.5) is 0 Å². The third-order valence-electron chi connectivity index (χ3n) is 9.30. The molecule has 6 atom stereocenters. The number of methoxy groups -OCH3 is 1. The number of hydrogen-bond acceptors (Lipinski definition) is 12. The molecule has 2 aliphatic carbocycles. The van der Waals surface area contributed by atoms with Gasteiger partial charge >= 0.3 is 0 Å². The van der Waals surface area contributed by atoms with Crippen LogP contribution in [-0.4, -0.2) is 111 Å². The fourth-order valence-corrected chi connectivity index (χ4v) is 6.82. The number of aromatic hydroxyl groups is 2. The van der Waals surface area contributed by atoms with Gasteiger partial charge in [-0.05, 0) is 33.8 Å². The van der Waals surface area contributed by atoms with Crippen LogP contribution >= 0.6 is 12.4 Å². The van der Waals surface area contributed by atoms with Gasteiger partial charge in [-0.1, -0.05) is 12.1 Å². The van der Waals surface area contributed by atoms with E-state index in [1.165, 1.54) is 25.3 Å². The van der Waals surface area contributed by atoms with Crippen LogP contribution in [0.5, 0.6) is 17.2 Å². The van der Waals surface area contributed by atoms with Gasteiger partial charge in [0, 0.05) is 49.0 Å². The molecule has 14 heteroatoms. The van der Waals surface area contributed by atoms with Gasteiger partial charge in [0.1, 0.15) is 35.6 Å². The highest BCUT2D eigenvalue weighted by atomic mass is 35.5. The van der Waals surface area contributed by atoms with Crippen LogP contribution in [0.3, 0.4) is 0 Å². The summed E-state index contributed by atoms with van der Waals surface area (Å²) >= 11 is 0. The molecule has 5 rings (SSSR count). The number of ketones is 3. The molecule has 0 radical (unpaired) electrons. The number of phenolic OH excluding ortho intramolecular Hbond substituents is 2. The highest BCUT2D eigenvalue weighted by Crippen LogP contribution is 2.52. The fraction of sp³-hybridized carbons (Fsp3) is 0.515. The molecule has 0 aromatic heterocycles. The molecule has 0 amide bonds. The predicted octanol–water partition coefficient (Wildman–Crippen LogP) is 2.22. The number of carbonyl (C=O) groups is 3. The van der Waals surface area contributed by atoms with E-state index >= 15 is 0 Å². The van der Waals surface area contributed by atoms with Gasteiger partial charge in [-0.15, -0.1) is 12.4 Å². The van der Waals surface area contributed by atoms with Gasteiger partial charge < -0.3 is 44.6 Å². The monoisotopic (exact) mass is 676 g/mol. The average molecular weight is 677 g/mol. The number of ether oxygens (including phenoxy) is 3. The molecular formula is C33H41ClN2O11. The zero-order valence-corrected chi connectivity index (χ0v) is 27.7. The number of Topliss-reactive ketones (excluding diaryl/α,β-unsaturated/α-hetero) is 1. The number of amidine groups is 1. The molecule has 2 aromatic carbocycles. The number of nitrogens with zero attached hydrogens (tertiary/aromatic N) is 2. The van der Waals surface area contributed by atoms with E-state index in [2.05, 4.69) is 0 Å². The highest BCUT2D eigenvalue weighted by Gasteiger charge is 2.50. The lowest BCUT2D eigenvalue weighted by Gasteiger charge is -2.42. The summed E-state index contributed by atoms with van der Waals surface area (Å²) in [4.78, 5) is 47.1. The van der Waals surface area contributed by atoms with Crippen molar-refractivity contribution in [2.75, 3.05) is 26.8 Å². The van der Waals surface area contributed by atoms with Crippen molar-refractivity contribution in [3.8, 4) is 17.2 Å². The van der Waals surface area contributed by atoms with Crippen LogP contribution in [0, 0.1) is 0 Å². The number of benzene rings is 2. The van der Waals surface area contributed by atoms with Crippen LogP contribution in [0.2, 0.25) is 0 Å². The number of aliphatic hydroxyl groups excluding tert-OH is 2. The quantitative estimate of drug-likeness (QED) is 0.133. The lowest BCUT2D eigenvalue weighted by molar-refractivity contribution is -0.247. The van der Waals surface area contributed by atoms with E-state index in [0.29, 0.717) is 18.9 Å². The Hall–Kier alpha value is -3.59. The first-order valence-electron chi connectivity index (χ1n) is 15.3. The standard InChI is InChI=1S/C33H40N2O11.ClH/c1-6-35(7-2)16(4)34-19-11-23(45-15(3)28(19)38)46-21-13-33(43,22(37)14-36)12-18-25(21)32(42)27-26(30(18)40)29(39)17-9-8-10-20(44-5)24(17)31(27)41;/h8-10,15,19,21,23,28,36,38,40,42-43H,6-7,11-14H2,1-5H3;1H/t15?,19-,21-,23?,28+,33?;/m0./s1. The number of hydrogen-bond donors (Lipinski definition) is 5. The summed E-state index contributed by atoms with van der Waals surface area (Å²) in [6, 6.07) is 3.75. The normalized spacial score (nSPS) is 26.9. The third kappa shape index (κ3) is 6.12. The van der Waals surface area contributed by atoms with E-state index in [0.717, 1.165) is 0 Å². The smallest absolute Gasteiger partial charge is 0.202 e. The second-order valence-corrected chi connectivity index (χ2v) is 11.9. The lowest BCUT2D eigenvalue weighted by atomic mass is 9.72. The minimum absolute atomic E-state index is 0. The fourth-order valence-electron chi connectivity index (χ4n) is 6.82. The Labute approximate surface area is 278 Å². The number of aliphatic imine (C=N–C) groups is 1. The van der Waals surface area contributed by atoms with Gasteiger partial charge in [0.05, 0.1) is 47.9 Å².